The van der Waals surface area contributed by atoms with Gasteiger partial charge in [-0.15, -0.1) is 0 Å². The summed E-state index contributed by atoms with van der Waals surface area (Å²) in [6.45, 7) is 1.93. The van der Waals surface area contributed by atoms with Crippen molar-refractivity contribution in [3.05, 3.63) is 22.2 Å². The highest BCUT2D eigenvalue weighted by Crippen LogP contribution is 2.31. The maximum atomic E-state index is 11.9. The van der Waals surface area contributed by atoms with Gasteiger partial charge in [-0.25, -0.2) is 17.9 Å². The number of nitrogens with one attached hydrogen (secondary N) is 2. The van der Waals surface area contributed by atoms with Gasteiger partial charge in [-0.1, -0.05) is 23.2 Å². The fraction of sp³-hybridized carbons (Fsp3) is 0.222. The molecule has 2 amide bonds. The van der Waals surface area contributed by atoms with E-state index in [9.17, 15) is 13.2 Å². The zero-order valence-corrected chi connectivity index (χ0v) is 11.7. The van der Waals surface area contributed by atoms with Gasteiger partial charge in [0.05, 0.1) is 10.0 Å². The second kappa shape index (κ2) is 5.64. The molecule has 1 aromatic carbocycles. The van der Waals surface area contributed by atoms with Gasteiger partial charge >= 0.3 is 6.03 Å². The minimum Gasteiger partial charge on any atom is -0.399 e. The van der Waals surface area contributed by atoms with Crippen molar-refractivity contribution in [2.24, 2.45) is 0 Å². The number of carbonyl (C=O) groups excluding carboxylic acids is 1. The van der Waals surface area contributed by atoms with Gasteiger partial charge in [0.1, 0.15) is 4.90 Å². The van der Waals surface area contributed by atoms with Crippen LogP contribution in [0.5, 0.6) is 0 Å². The molecule has 0 saturated heterocycles. The molecule has 9 heteroatoms. The van der Waals surface area contributed by atoms with E-state index in [2.05, 4.69) is 5.32 Å². The van der Waals surface area contributed by atoms with Crippen molar-refractivity contribution >= 4 is 44.9 Å². The Labute approximate surface area is 114 Å². The number of anilines is 1. The molecule has 100 valence electrons. The van der Waals surface area contributed by atoms with Crippen molar-refractivity contribution in [2.45, 2.75) is 11.8 Å². The zero-order valence-electron chi connectivity index (χ0n) is 9.33. The van der Waals surface area contributed by atoms with Gasteiger partial charge in [0, 0.05) is 12.2 Å². The largest absolute Gasteiger partial charge is 0.399 e. The van der Waals surface area contributed by atoms with Gasteiger partial charge in [0.15, 0.2) is 0 Å². The molecule has 0 unspecified atom stereocenters. The Morgan fingerprint density at radius 3 is 2.28 bits per heavy atom. The first-order valence-electron chi connectivity index (χ1n) is 4.83. The number of sulfonamides is 1. The quantitative estimate of drug-likeness (QED) is 0.738. The van der Waals surface area contributed by atoms with Crippen LogP contribution in [0.2, 0.25) is 10.0 Å². The molecular formula is C9H11Cl2N3O3S. The third kappa shape index (κ3) is 3.41. The molecule has 0 saturated carbocycles. The Balaban J connectivity index is 3.17. The lowest BCUT2D eigenvalue weighted by Crippen LogP contribution is -2.39. The molecule has 0 fully saturated rings. The van der Waals surface area contributed by atoms with Crippen LogP contribution in [0.1, 0.15) is 6.92 Å². The number of nitrogen functional groups attached to an aromatic ring is 1. The highest BCUT2D eigenvalue weighted by molar-refractivity contribution is 7.90. The minimum absolute atomic E-state index is 0.156. The van der Waals surface area contributed by atoms with Crippen LogP contribution < -0.4 is 15.8 Å². The number of halogens is 2. The number of rotatable bonds is 3. The number of benzene rings is 1. The second-order valence-corrected chi connectivity index (χ2v) is 5.71. The lowest BCUT2D eigenvalue weighted by molar-refractivity contribution is 0.246. The number of hydrogen-bond acceptors (Lipinski definition) is 4. The van der Waals surface area contributed by atoms with E-state index in [1.807, 2.05) is 0 Å². The lowest BCUT2D eigenvalue weighted by atomic mass is 10.3. The summed E-state index contributed by atoms with van der Waals surface area (Å²) in [5.74, 6) is 0. The Kier molecular flexibility index (Phi) is 4.66. The van der Waals surface area contributed by atoms with E-state index < -0.39 is 16.1 Å². The van der Waals surface area contributed by atoms with Crippen molar-refractivity contribution < 1.29 is 13.2 Å². The molecule has 1 aromatic rings. The van der Waals surface area contributed by atoms with Crippen molar-refractivity contribution in [1.82, 2.24) is 10.0 Å². The minimum atomic E-state index is -4.14. The molecule has 0 aromatic heterocycles. The normalized spacial score (nSPS) is 11.1. The fourth-order valence-electron chi connectivity index (χ4n) is 1.21. The van der Waals surface area contributed by atoms with E-state index in [4.69, 9.17) is 28.9 Å². The van der Waals surface area contributed by atoms with Crippen LogP contribution >= 0.6 is 23.2 Å². The van der Waals surface area contributed by atoms with Crippen LogP contribution in [0.4, 0.5) is 10.5 Å². The molecule has 18 heavy (non-hydrogen) atoms. The van der Waals surface area contributed by atoms with E-state index in [0.717, 1.165) is 0 Å². The van der Waals surface area contributed by atoms with E-state index in [-0.39, 0.29) is 27.2 Å². The third-order valence-corrected chi connectivity index (χ3v) is 4.11. The lowest BCUT2D eigenvalue weighted by Gasteiger charge is -2.10. The molecule has 0 aliphatic carbocycles. The van der Waals surface area contributed by atoms with Crippen molar-refractivity contribution in [3.63, 3.8) is 0 Å². The number of hydrogen-bond donors (Lipinski definition) is 3. The van der Waals surface area contributed by atoms with Crippen LogP contribution in [-0.4, -0.2) is 21.0 Å². The summed E-state index contributed by atoms with van der Waals surface area (Å²) in [6.07, 6.45) is 0. The Morgan fingerprint density at radius 1 is 1.33 bits per heavy atom. The summed E-state index contributed by atoms with van der Waals surface area (Å²) in [7, 11) is -4.14. The van der Waals surface area contributed by atoms with E-state index in [0.29, 0.717) is 0 Å². The Hall–Kier alpha value is -1.18. The maximum Gasteiger partial charge on any atom is 0.328 e. The van der Waals surface area contributed by atoms with Crippen molar-refractivity contribution in [3.8, 4) is 0 Å². The zero-order chi connectivity index (χ0) is 13.9. The van der Waals surface area contributed by atoms with Gasteiger partial charge in [-0.2, -0.15) is 0 Å². The highest BCUT2D eigenvalue weighted by Gasteiger charge is 2.24. The average Bonchev–Trinajstić information content (AvgIpc) is 2.13. The van der Waals surface area contributed by atoms with Gasteiger partial charge in [-0.05, 0) is 19.1 Å². The molecule has 0 atom stereocenters. The molecule has 6 nitrogen and oxygen atoms in total. The molecule has 4 N–H and O–H groups in total. The third-order valence-electron chi connectivity index (χ3n) is 1.85. The number of amides is 2. The monoisotopic (exact) mass is 311 g/mol. The summed E-state index contributed by atoms with van der Waals surface area (Å²) in [6, 6.07) is 1.61. The molecule has 1 rings (SSSR count). The molecule has 0 aliphatic rings. The van der Waals surface area contributed by atoms with Crippen LogP contribution in [0.25, 0.3) is 0 Å². The molecule has 0 aliphatic heterocycles. The summed E-state index contributed by atoms with van der Waals surface area (Å²) in [5, 5.41) is 1.97. The fourth-order valence-corrected chi connectivity index (χ4v) is 3.37. The second-order valence-electron chi connectivity index (χ2n) is 3.28. The van der Waals surface area contributed by atoms with Crippen LogP contribution in [-0.2, 0) is 10.0 Å². The van der Waals surface area contributed by atoms with Gasteiger partial charge < -0.3 is 11.1 Å². The molecule has 0 bridgehead atoms. The first-order valence-corrected chi connectivity index (χ1v) is 7.07. The van der Waals surface area contributed by atoms with Gasteiger partial charge in [0.25, 0.3) is 10.0 Å². The summed E-state index contributed by atoms with van der Waals surface area (Å²) in [4.78, 5) is 10.8. The van der Waals surface area contributed by atoms with Gasteiger partial charge in [-0.3, -0.25) is 0 Å². The SMILES string of the molecule is CCNC(=O)NS(=O)(=O)c1c(Cl)cc(N)cc1Cl. The van der Waals surface area contributed by atoms with Crippen molar-refractivity contribution in [2.75, 3.05) is 12.3 Å². The highest BCUT2D eigenvalue weighted by atomic mass is 35.5. The van der Waals surface area contributed by atoms with Crippen molar-refractivity contribution in [1.29, 1.82) is 0 Å². The standard InChI is InChI=1S/C9H11Cl2N3O3S/c1-2-13-9(15)14-18(16,17)8-6(10)3-5(12)4-7(8)11/h3-4H,2,12H2,1H3,(H2,13,14,15). The first-order chi connectivity index (χ1) is 8.27. The van der Waals surface area contributed by atoms with Crippen LogP contribution in [0.15, 0.2) is 17.0 Å². The molecular weight excluding hydrogens is 301 g/mol. The molecule has 0 spiro atoms. The first kappa shape index (κ1) is 14.9. The van der Waals surface area contributed by atoms with E-state index in [1.54, 1.807) is 11.6 Å². The van der Waals surface area contributed by atoms with E-state index in [1.165, 1.54) is 12.1 Å². The number of urea groups is 1. The maximum absolute atomic E-state index is 11.9. The van der Waals surface area contributed by atoms with Crippen LogP contribution in [0.3, 0.4) is 0 Å². The average molecular weight is 312 g/mol. The Morgan fingerprint density at radius 2 is 1.83 bits per heavy atom. The van der Waals surface area contributed by atoms with Gasteiger partial charge in [0.2, 0.25) is 0 Å². The Bertz CT molecular complexity index is 551. The number of carbonyl (C=O) groups is 1. The molecule has 0 heterocycles. The smallest absolute Gasteiger partial charge is 0.328 e. The topological polar surface area (TPSA) is 101 Å². The van der Waals surface area contributed by atoms with E-state index >= 15 is 0 Å². The predicted molar refractivity (Wildman–Crippen MR) is 70.3 cm³/mol. The predicted octanol–water partition coefficient (Wildman–Crippen LogP) is 1.58. The number of nitrogens with two attached hydrogens (primary N) is 1. The van der Waals surface area contributed by atoms with Crippen LogP contribution in [0, 0.1) is 0 Å². The summed E-state index contributed by atoms with van der Waals surface area (Å²) in [5.41, 5.74) is 5.68. The summed E-state index contributed by atoms with van der Waals surface area (Å²) >= 11 is 11.5. The summed E-state index contributed by atoms with van der Waals surface area (Å²) < 4.78 is 25.6. The molecule has 0 radical (unpaired) electrons.